The first-order valence-corrected chi connectivity index (χ1v) is 8.02. The van der Waals surface area contributed by atoms with Crippen LogP contribution in [0.1, 0.15) is 46.0 Å². The van der Waals surface area contributed by atoms with Crippen LogP contribution in [0, 0.1) is 11.8 Å². The van der Waals surface area contributed by atoms with Crippen LogP contribution in [0.25, 0.3) is 0 Å². The van der Waals surface area contributed by atoms with Gasteiger partial charge in [0.15, 0.2) is 0 Å². The third kappa shape index (κ3) is 3.34. The van der Waals surface area contributed by atoms with Crippen molar-refractivity contribution >= 4 is 0 Å². The molecule has 1 fully saturated rings. The van der Waals surface area contributed by atoms with Crippen LogP contribution in [-0.2, 0) is 0 Å². The summed E-state index contributed by atoms with van der Waals surface area (Å²) < 4.78 is 0. The fourth-order valence-corrected chi connectivity index (χ4v) is 3.16. The molecule has 2 nitrogen and oxygen atoms in total. The molecule has 0 aromatic heterocycles. The van der Waals surface area contributed by atoms with Crippen molar-refractivity contribution in [2.45, 2.75) is 46.0 Å². The largest absolute Gasteiger partial charge is 0.376 e. The van der Waals surface area contributed by atoms with Crippen LogP contribution >= 0.6 is 0 Å². The number of fused-ring (bicyclic) bond motifs is 1. The summed E-state index contributed by atoms with van der Waals surface area (Å²) in [5, 5.41) is 0. The lowest BCUT2D eigenvalue weighted by atomic mass is 10.1. The second kappa shape index (κ2) is 6.49. The third-order valence-corrected chi connectivity index (χ3v) is 4.64. The number of rotatable bonds is 7. The van der Waals surface area contributed by atoms with E-state index in [4.69, 9.17) is 0 Å². The molecule has 0 radical (unpaired) electrons. The van der Waals surface area contributed by atoms with Crippen molar-refractivity contribution in [3.63, 3.8) is 0 Å². The Morgan fingerprint density at radius 3 is 2.63 bits per heavy atom. The smallest absolute Gasteiger partial charge is 0.0558 e. The standard InChI is InChI=1S/C17H30N2/c1-5-7-8-12-19(4)16-11-9-10-14-13-15(14)17(16)18(3)6-2/h9,11,14-15H,5-8,10,12-13H2,1-4H3. The molecule has 2 aliphatic carbocycles. The van der Waals surface area contributed by atoms with Crippen molar-refractivity contribution in [3.05, 3.63) is 23.5 Å². The van der Waals surface area contributed by atoms with Crippen molar-refractivity contribution in [2.75, 3.05) is 27.2 Å². The van der Waals surface area contributed by atoms with E-state index in [1.165, 1.54) is 44.3 Å². The number of hydrogen-bond acceptors (Lipinski definition) is 2. The van der Waals surface area contributed by atoms with Crippen molar-refractivity contribution in [2.24, 2.45) is 11.8 Å². The SMILES string of the molecule is CCCCCN(C)C1=C(N(C)CC)C2CC2CC=C1. The minimum atomic E-state index is 0.823. The molecular weight excluding hydrogens is 232 g/mol. The molecule has 0 N–H and O–H groups in total. The van der Waals surface area contributed by atoms with Crippen LogP contribution in [0.3, 0.4) is 0 Å². The number of hydrogen-bond donors (Lipinski definition) is 0. The summed E-state index contributed by atoms with van der Waals surface area (Å²) in [5.74, 6) is 1.74. The molecule has 108 valence electrons. The van der Waals surface area contributed by atoms with Gasteiger partial charge in [-0.05, 0) is 38.2 Å². The highest BCUT2D eigenvalue weighted by Crippen LogP contribution is 2.50. The van der Waals surface area contributed by atoms with E-state index >= 15 is 0 Å². The first-order valence-electron chi connectivity index (χ1n) is 8.02. The maximum absolute atomic E-state index is 2.48. The zero-order valence-electron chi connectivity index (χ0n) is 13.2. The Morgan fingerprint density at radius 2 is 1.95 bits per heavy atom. The van der Waals surface area contributed by atoms with E-state index in [1.54, 1.807) is 5.70 Å². The van der Waals surface area contributed by atoms with Crippen molar-refractivity contribution < 1.29 is 0 Å². The predicted molar refractivity (Wildman–Crippen MR) is 82.8 cm³/mol. The summed E-state index contributed by atoms with van der Waals surface area (Å²) in [6.07, 6.45) is 11.4. The van der Waals surface area contributed by atoms with Crippen molar-refractivity contribution in [1.82, 2.24) is 9.80 Å². The van der Waals surface area contributed by atoms with Gasteiger partial charge in [-0.25, -0.2) is 0 Å². The van der Waals surface area contributed by atoms with E-state index < -0.39 is 0 Å². The summed E-state index contributed by atoms with van der Waals surface area (Å²) in [4.78, 5) is 4.94. The zero-order valence-corrected chi connectivity index (χ0v) is 13.2. The quantitative estimate of drug-likeness (QED) is 0.643. The Labute approximate surface area is 119 Å². The monoisotopic (exact) mass is 262 g/mol. The van der Waals surface area contributed by atoms with E-state index in [1.807, 2.05) is 0 Å². The highest BCUT2D eigenvalue weighted by molar-refractivity contribution is 5.32. The van der Waals surface area contributed by atoms with Crippen molar-refractivity contribution in [3.8, 4) is 0 Å². The molecule has 0 amide bonds. The van der Waals surface area contributed by atoms with Crippen LogP contribution in [0.2, 0.25) is 0 Å². The molecule has 0 aromatic rings. The van der Waals surface area contributed by atoms with E-state index in [0.29, 0.717) is 0 Å². The predicted octanol–water partition coefficient (Wildman–Crippen LogP) is 3.87. The van der Waals surface area contributed by atoms with Gasteiger partial charge in [-0.15, -0.1) is 0 Å². The molecule has 2 atom stereocenters. The average Bonchev–Trinajstić information content (AvgIpc) is 3.16. The summed E-state index contributed by atoms with van der Waals surface area (Å²) in [6, 6.07) is 0. The number of allylic oxidation sites excluding steroid dienone is 3. The summed E-state index contributed by atoms with van der Waals surface area (Å²) in [6.45, 7) is 6.83. The lowest BCUT2D eigenvalue weighted by molar-refractivity contribution is 0.355. The van der Waals surface area contributed by atoms with Gasteiger partial charge in [-0.1, -0.05) is 25.8 Å². The number of likely N-dealkylation sites (N-methyl/N-ethyl adjacent to an activating group) is 1. The van der Waals surface area contributed by atoms with Gasteiger partial charge in [0.05, 0.1) is 5.70 Å². The van der Waals surface area contributed by atoms with Gasteiger partial charge in [0, 0.05) is 38.8 Å². The minimum Gasteiger partial charge on any atom is -0.376 e. The lowest BCUT2D eigenvalue weighted by Crippen LogP contribution is -2.27. The average molecular weight is 262 g/mol. The Hall–Kier alpha value is -0.920. The topological polar surface area (TPSA) is 6.48 Å². The van der Waals surface area contributed by atoms with Gasteiger partial charge < -0.3 is 9.80 Å². The fraction of sp³-hybridized carbons (Fsp3) is 0.765. The second-order valence-corrected chi connectivity index (χ2v) is 6.15. The van der Waals surface area contributed by atoms with Gasteiger partial charge in [-0.3, -0.25) is 0 Å². The molecule has 2 unspecified atom stereocenters. The molecule has 0 aromatic carbocycles. The van der Waals surface area contributed by atoms with Crippen LogP contribution in [-0.4, -0.2) is 37.0 Å². The van der Waals surface area contributed by atoms with Crippen LogP contribution in [0.4, 0.5) is 0 Å². The van der Waals surface area contributed by atoms with Gasteiger partial charge in [-0.2, -0.15) is 0 Å². The van der Waals surface area contributed by atoms with Crippen LogP contribution in [0.5, 0.6) is 0 Å². The van der Waals surface area contributed by atoms with E-state index in [2.05, 4.69) is 49.9 Å². The molecule has 0 bridgehead atoms. The van der Waals surface area contributed by atoms with Gasteiger partial charge >= 0.3 is 0 Å². The molecule has 2 heteroatoms. The van der Waals surface area contributed by atoms with E-state index in [0.717, 1.165) is 18.4 Å². The maximum Gasteiger partial charge on any atom is 0.0558 e. The fourth-order valence-electron chi connectivity index (χ4n) is 3.16. The normalized spacial score (nSPS) is 25.1. The molecule has 2 aliphatic rings. The summed E-state index contributed by atoms with van der Waals surface area (Å²) in [7, 11) is 4.52. The molecule has 1 saturated carbocycles. The Balaban J connectivity index is 2.14. The number of nitrogens with zero attached hydrogens (tertiary/aromatic N) is 2. The van der Waals surface area contributed by atoms with Crippen LogP contribution in [0.15, 0.2) is 23.5 Å². The molecule has 2 rings (SSSR count). The Morgan fingerprint density at radius 1 is 1.16 bits per heavy atom. The number of unbranched alkanes of at least 4 members (excludes halogenated alkanes) is 2. The lowest BCUT2D eigenvalue weighted by Gasteiger charge is -2.29. The Bertz CT molecular complexity index is 352. The summed E-state index contributed by atoms with van der Waals surface area (Å²) in [5.41, 5.74) is 3.07. The highest BCUT2D eigenvalue weighted by atomic mass is 15.2. The first kappa shape index (κ1) is 14.5. The maximum atomic E-state index is 2.48. The van der Waals surface area contributed by atoms with Gasteiger partial charge in [0.1, 0.15) is 0 Å². The molecule has 0 spiro atoms. The van der Waals surface area contributed by atoms with Gasteiger partial charge in [0.2, 0.25) is 0 Å². The van der Waals surface area contributed by atoms with E-state index in [9.17, 15) is 0 Å². The molecular formula is C17H30N2. The van der Waals surface area contributed by atoms with Gasteiger partial charge in [0.25, 0.3) is 0 Å². The zero-order chi connectivity index (χ0) is 13.8. The molecule has 0 heterocycles. The summed E-state index contributed by atoms with van der Waals surface area (Å²) >= 11 is 0. The first-order chi connectivity index (χ1) is 9.19. The Kier molecular flexibility index (Phi) is 4.95. The highest BCUT2D eigenvalue weighted by Gasteiger charge is 2.42. The van der Waals surface area contributed by atoms with Crippen molar-refractivity contribution in [1.29, 1.82) is 0 Å². The second-order valence-electron chi connectivity index (χ2n) is 6.15. The van der Waals surface area contributed by atoms with Crippen LogP contribution < -0.4 is 0 Å². The third-order valence-electron chi connectivity index (χ3n) is 4.64. The minimum absolute atomic E-state index is 0.823. The molecule has 0 saturated heterocycles. The molecule has 0 aliphatic heterocycles. The van der Waals surface area contributed by atoms with E-state index in [-0.39, 0.29) is 0 Å². The molecule has 19 heavy (non-hydrogen) atoms.